The fourth-order valence-corrected chi connectivity index (χ4v) is 10.6. The molecular formula is C58H89ClF6N2O18S2. The highest BCUT2D eigenvalue weighted by molar-refractivity contribution is 8.13. The molecule has 12 atom stereocenters. The lowest BCUT2D eigenvalue weighted by Gasteiger charge is -2.44. The van der Waals surface area contributed by atoms with Crippen LogP contribution in [0.4, 0.5) is 26.3 Å². The van der Waals surface area contributed by atoms with Crippen LogP contribution in [0.3, 0.4) is 0 Å². The smallest absolute Gasteiger partial charge is 0.394 e. The first-order valence-corrected chi connectivity index (χ1v) is 32.5. The fourth-order valence-electron chi connectivity index (χ4n) is 8.92. The van der Waals surface area contributed by atoms with E-state index in [1.54, 1.807) is 56.0 Å². The maximum atomic E-state index is 13.2. The molecule has 29 heteroatoms. The molecule has 500 valence electrons. The molecule has 87 heavy (non-hydrogen) atoms. The summed E-state index contributed by atoms with van der Waals surface area (Å²) in [6.07, 6.45) is -6.36. The number of nitrogens with one attached hydrogen (secondary N) is 2. The summed E-state index contributed by atoms with van der Waals surface area (Å²) in [4.78, 5) is 23.5. The number of ether oxygens (including phenoxy) is 8. The molecule has 2 saturated heterocycles. The zero-order chi connectivity index (χ0) is 65.4. The number of carbonyl (C=O) groups is 2. The van der Waals surface area contributed by atoms with Crippen molar-refractivity contribution in [2.24, 2.45) is 0 Å². The molecule has 2 amide bonds. The van der Waals surface area contributed by atoms with Crippen LogP contribution in [0.1, 0.15) is 115 Å². The number of amides is 2. The van der Waals surface area contributed by atoms with Crippen molar-refractivity contribution in [2.75, 3.05) is 53.9 Å². The van der Waals surface area contributed by atoms with Gasteiger partial charge in [-0.3, -0.25) is 13.8 Å². The van der Waals surface area contributed by atoms with Gasteiger partial charge in [0.25, 0.3) is 19.2 Å². The number of aryl methyl sites for hydroxylation is 2. The van der Waals surface area contributed by atoms with Crippen LogP contribution in [0.2, 0.25) is 0 Å². The number of benzene rings is 2. The minimum absolute atomic E-state index is 0.0446. The number of aliphatic hydroxyl groups excluding tert-OH is 3. The standard InChI is InChI=1S/C29H44F3NO9S.C22H38F3NO7.C7H7ClO2S/c1-5-7-8-9-10-11-21(38-4)16-18-39-26-24(33-28(35)29(30,31)32)27(40-17-6-2)42-23(25(26)34)19-41-43(36,37)22-14-12-20(3)13-15-22;1-4-6-7-8-9-10-15(30-3)11-13-31-19-17(26-21(29)22(23,24)25)20(32-12-5-2)33-16(14-27)18(19)28;1-6-2-4-7(5-3-6)11(8,9)10/h6,12-15,21,23-27,34H,2,5,7-11,16-19H2,1,3-4H3,(H,33,35);5,15-20,27-28H,2,4,6-14H2,1,3H3,(H,26,29);2-5H,1H3/t21-,23-,24-,25-,26-,27+;15-,16-,17-,18-,19-,20+;/m11./s1. The second kappa shape index (κ2) is 40.8. The molecule has 2 aliphatic heterocycles. The van der Waals surface area contributed by atoms with E-state index >= 15 is 0 Å². The molecule has 20 nitrogen and oxygen atoms in total. The van der Waals surface area contributed by atoms with Gasteiger partial charge < -0.3 is 63.8 Å². The highest BCUT2D eigenvalue weighted by Crippen LogP contribution is 2.30. The van der Waals surface area contributed by atoms with Crippen molar-refractivity contribution in [3.8, 4) is 0 Å². The van der Waals surface area contributed by atoms with E-state index in [-0.39, 0.29) is 48.4 Å². The first kappa shape index (κ1) is 79.2. The molecule has 0 saturated carbocycles. The normalized spacial score (nSPS) is 23.2. The highest BCUT2D eigenvalue weighted by Gasteiger charge is 2.52. The van der Waals surface area contributed by atoms with Crippen molar-refractivity contribution in [3.05, 3.63) is 85.0 Å². The fraction of sp³-hybridized carbons (Fsp3) is 0.690. The zero-order valence-electron chi connectivity index (χ0n) is 50.2. The number of methoxy groups -OCH3 is 2. The third-order valence-corrected chi connectivity index (χ3v) is 16.5. The van der Waals surface area contributed by atoms with Crippen molar-refractivity contribution in [1.82, 2.24) is 10.6 Å². The predicted octanol–water partition coefficient (Wildman–Crippen LogP) is 8.57. The topological polar surface area (TPSA) is 270 Å². The Kier molecular flexibility index (Phi) is 37.2. The molecule has 0 spiro atoms. The van der Waals surface area contributed by atoms with Crippen LogP contribution < -0.4 is 10.6 Å². The summed E-state index contributed by atoms with van der Waals surface area (Å²) in [5.74, 6) is -4.50. The largest absolute Gasteiger partial charge is 0.471 e. The summed E-state index contributed by atoms with van der Waals surface area (Å²) in [5.41, 5.74) is 1.83. The van der Waals surface area contributed by atoms with Gasteiger partial charge in [0, 0.05) is 38.1 Å². The Hall–Kier alpha value is -3.85. The van der Waals surface area contributed by atoms with Gasteiger partial charge in [0.15, 0.2) is 12.6 Å². The Morgan fingerprint density at radius 3 is 1.36 bits per heavy atom. The molecule has 0 unspecified atom stereocenters. The van der Waals surface area contributed by atoms with E-state index in [0.717, 1.165) is 81.8 Å². The second-order valence-corrected chi connectivity index (χ2v) is 24.8. The number of carbonyl (C=O) groups excluding carboxylic acids is 2. The van der Waals surface area contributed by atoms with Crippen molar-refractivity contribution >= 4 is 41.7 Å². The van der Waals surface area contributed by atoms with Crippen LogP contribution in [0.5, 0.6) is 0 Å². The number of hydrogen-bond donors (Lipinski definition) is 5. The molecule has 0 aromatic heterocycles. The highest BCUT2D eigenvalue weighted by atomic mass is 35.7. The van der Waals surface area contributed by atoms with E-state index in [2.05, 4.69) is 27.0 Å². The van der Waals surface area contributed by atoms with Gasteiger partial charge in [-0.15, -0.1) is 13.2 Å². The Morgan fingerprint density at radius 2 is 1.00 bits per heavy atom. The number of halogens is 7. The van der Waals surface area contributed by atoms with Crippen molar-refractivity contribution in [1.29, 1.82) is 0 Å². The molecule has 4 rings (SSSR count). The Balaban J connectivity index is 0.000000515. The third kappa shape index (κ3) is 29.3. The monoisotopic (exact) mass is 1310 g/mol. The summed E-state index contributed by atoms with van der Waals surface area (Å²) in [5, 5.41) is 34.8. The molecular weight excluding hydrogens is 1230 g/mol. The quantitative estimate of drug-likeness (QED) is 0.0140. The van der Waals surface area contributed by atoms with Gasteiger partial charge in [0.2, 0.25) is 0 Å². The van der Waals surface area contributed by atoms with E-state index in [9.17, 15) is 68.1 Å². The molecule has 0 bridgehead atoms. The summed E-state index contributed by atoms with van der Waals surface area (Å²) >= 11 is 0. The van der Waals surface area contributed by atoms with Gasteiger partial charge in [0.1, 0.15) is 48.7 Å². The Labute approximate surface area is 512 Å². The van der Waals surface area contributed by atoms with Crippen molar-refractivity contribution < 1.29 is 110 Å². The van der Waals surface area contributed by atoms with Gasteiger partial charge in [-0.1, -0.05) is 126 Å². The summed E-state index contributed by atoms with van der Waals surface area (Å²) in [6.45, 7) is 13.3. The minimum atomic E-state index is -5.24. The average molecular weight is 1320 g/mol. The SMILES string of the molecule is C=CCO[C@H]1O[C@H](CO)[C@@H](O)[C@H](OCC[C@@H](CCCCCCC)OC)[C@H]1NC(=O)C(F)(F)F.C=CCO[C@H]1O[C@H](COS(=O)(=O)c2ccc(C)cc2)[C@@H](O)[C@H](OCC[C@@H](CCCCCCC)OC)[C@H]1NC(=O)C(F)(F)F.Cc1ccc(S(=O)(=O)Cl)cc1. The number of rotatable bonds is 36. The molecule has 2 fully saturated rings. The lowest BCUT2D eigenvalue weighted by molar-refractivity contribution is -0.276. The molecule has 0 radical (unpaired) electrons. The van der Waals surface area contributed by atoms with Crippen LogP contribution >= 0.6 is 10.7 Å². The maximum absolute atomic E-state index is 13.2. The van der Waals surface area contributed by atoms with E-state index < -0.39 is 118 Å². The van der Waals surface area contributed by atoms with Gasteiger partial charge in [-0.25, -0.2) is 8.42 Å². The molecule has 2 aliphatic rings. The number of aliphatic hydroxyl groups is 3. The molecule has 2 aromatic carbocycles. The van der Waals surface area contributed by atoms with Crippen LogP contribution in [-0.4, -0.2) is 184 Å². The lowest BCUT2D eigenvalue weighted by atomic mass is 9.96. The maximum Gasteiger partial charge on any atom is 0.471 e. The zero-order valence-corrected chi connectivity index (χ0v) is 52.6. The molecule has 2 aromatic rings. The molecule has 5 N–H and O–H groups in total. The summed E-state index contributed by atoms with van der Waals surface area (Å²) < 4.78 is 175. The van der Waals surface area contributed by atoms with Crippen LogP contribution in [-0.2, 0) is 70.8 Å². The van der Waals surface area contributed by atoms with Gasteiger partial charge >= 0.3 is 24.2 Å². The van der Waals surface area contributed by atoms with E-state index in [0.29, 0.717) is 12.8 Å². The van der Waals surface area contributed by atoms with Crippen LogP contribution in [0, 0.1) is 13.8 Å². The number of unbranched alkanes of at least 4 members (excludes halogenated alkanes) is 8. The number of alkyl halides is 6. The third-order valence-electron chi connectivity index (χ3n) is 13.8. The summed E-state index contributed by atoms with van der Waals surface area (Å²) in [6, 6.07) is 9.17. The van der Waals surface area contributed by atoms with Crippen molar-refractivity contribution in [2.45, 2.75) is 213 Å². The van der Waals surface area contributed by atoms with Crippen LogP contribution in [0.15, 0.2) is 83.6 Å². The first-order valence-electron chi connectivity index (χ1n) is 28.8. The Morgan fingerprint density at radius 1 is 0.621 bits per heavy atom. The van der Waals surface area contributed by atoms with Gasteiger partial charge in [-0.2, -0.15) is 34.8 Å². The lowest BCUT2D eigenvalue weighted by Crippen LogP contribution is -2.66. The van der Waals surface area contributed by atoms with E-state index in [4.69, 9.17) is 52.8 Å². The van der Waals surface area contributed by atoms with Crippen LogP contribution in [0.25, 0.3) is 0 Å². The number of hydrogen-bond acceptors (Lipinski definition) is 18. The van der Waals surface area contributed by atoms with Crippen molar-refractivity contribution in [3.63, 3.8) is 0 Å². The average Bonchev–Trinajstić information content (AvgIpc) is 1.06. The Bertz CT molecular complexity index is 2500. The minimum Gasteiger partial charge on any atom is -0.394 e. The molecule has 2 heterocycles. The first-order chi connectivity index (χ1) is 41.0. The summed E-state index contributed by atoms with van der Waals surface area (Å²) in [7, 11) is 0.387. The van der Waals surface area contributed by atoms with Gasteiger partial charge in [0.05, 0.1) is 48.4 Å². The second-order valence-electron chi connectivity index (χ2n) is 20.7. The molecule has 0 aliphatic carbocycles. The predicted molar refractivity (Wildman–Crippen MR) is 310 cm³/mol. The van der Waals surface area contributed by atoms with E-state index in [1.807, 2.05) is 6.92 Å². The van der Waals surface area contributed by atoms with E-state index in [1.165, 1.54) is 42.8 Å². The van der Waals surface area contributed by atoms with Gasteiger partial charge in [-0.05, 0) is 63.8 Å².